The molecule has 0 aromatic heterocycles. The maximum absolute atomic E-state index is 16.3. The van der Waals surface area contributed by atoms with Crippen molar-refractivity contribution in [2.24, 2.45) is 0 Å². The van der Waals surface area contributed by atoms with Gasteiger partial charge in [-0.2, -0.15) is 0 Å². The Morgan fingerprint density at radius 3 is 1.70 bits per heavy atom. The molecule has 0 saturated heterocycles. The molecule has 2 heterocycles. The number of benzene rings is 6. The van der Waals surface area contributed by atoms with Crippen LogP contribution < -0.4 is 25.4 Å². The summed E-state index contributed by atoms with van der Waals surface area (Å²) in [6.07, 6.45) is 7.65. The Balaban J connectivity index is 1.44. The molecule has 1 atom stereocenters. The average Bonchev–Trinajstić information content (AvgIpc) is 3.12. The second-order valence-electron chi connectivity index (χ2n) is 11.7. The molecule has 0 aliphatic carbocycles. The Hall–Kier alpha value is -5.63. The SMILES string of the molecule is C=C/C=C\C=C(/C)c1ccc2c(c1)Oc1c(-c3ccccc3)cc(-c3ccccc3)c3c1P2(=O)c1ccc(-c2ccccc2)cc1O3. The van der Waals surface area contributed by atoms with Crippen molar-refractivity contribution in [3.8, 4) is 56.4 Å². The number of fused-ring (bicyclic) bond motifs is 4. The van der Waals surface area contributed by atoms with Crippen molar-refractivity contribution in [3.05, 3.63) is 170 Å². The van der Waals surface area contributed by atoms with E-state index in [2.05, 4.69) is 56.0 Å². The fourth-order valence-corrected chi connectivity index (χ4v) is 9.58. The largest absolute Gasteiger partial charge is 0.455 e. The van der Waals surface area contributed by atoms with Gasteiger partial charge in [0.2, 0.25) is 0 Å². The molecule has 8 rings (SSSR count). The highest BCUT2D eigenvalue weighted by atomic mass is 31.2. The standard InChI is InChI=1S/C43H31O3P/c1-3-4-8-15-29(2)33-22-24-39-37(26-33)45-41-35(31-18-11-6-12-19-31)28-36(32-20-13-7-14-21-32)42-43(41)47(39,44)40-25-23-34(27-38(40)46-42)30-16-9-5-10-17-30/h3-28H,1H2,2H3/b8-4-,29-15+. The molecule has 6 aromatic rings. The van der Waals surface area contributed by atoms with E-state index >= 15 is 4.57 Å². The van der Waals surface area contributed by atoms with E-state index in [-0.39, 0.29) is 0 Å². The predicted octanol–water partition coefficient (Wildman–Crippen LogP) is 10.7. The lowest BCUT2D eigenvalue weighted by molar-refractivity contribution is 0.464. The van der Waals surface area contributed by atoms with Crippen molar-refractivity contribution in [3.63, 3.8) is 0 Å². The number of rotatable bonds is 6. The summed E-state index contributed by atoms with van der Waals surface area (Å²) in [6.45, 7) is 5.83. The number of hydrogen-bond acceptors (Lipinski definition) is 3. The fourth-order valence-electron chi connectivity index (χ4n) is 6.52. The third kappa shape index (κ3) is 4.79. The van der Waals surface area contributed by atoms with Crippen molar-refractivity contribution in [2.45, 2.75) is 6.92 Å². The molecule has 0 spiro atoms. The molecule has 47 heavy (non-hydrogen) atoms. The van der Waals surface area contributed by atoms with E-state index in [4.69, 9.17) is 9.47 Å². The maximum Gasteiger partial charge on any atom is 0.185 e. The van der Waals surface area contributed by atoms with Gasteiger partial charge in [0.25, 0.3) is 0 Å². The highest BCUT2D eigenvalue weighted by Crippen LogP contribution is 2.62. The zero-order valence-electron chi connectivity index (χ0n) is 25.9. The minimum Gasteiger partial charge on any atom is -0.455 e. The molecule has 0 bridgehead atoms. The summed E-state index contributed by atoms with van der Waals surface area (Å²) in [7, 11) is -3.49. The van der Waals surface area contributed by atoms with Crippen molar-refractivity contribution >= 4 is 28.6 Å². The van der Waals surface area contributed by atoms with Crippen molar-refractivity contribution in [1.29, 1.82) is 0 Å². The minimum absolute atomic E-state index is 0.574. The smallest absolute Gasteiger partial charge is 0.185 e. The van der Waals surface area contributed by atoms with Gasteiger partial charge < -0.3 is 14.0 Å². The molecule has 0 fully saturated rings. The van der Waals surface area contributed by atoms with E-state index in [1.165, 1.54) is 0 Å². The van der Waals surface area contributed by atoms with Crippen molar-refractivity contribution in [1.82, 2.24) is 0 Å². The molecule has 4 heteroatoms. The molecule has 1 unspecified atom stereocenters. The predicted molar refractivity (Wildman–Crippen MR) is 195 cm³/mol. The molecule has 6 aromatic carbocycles. The van der Waals surface area contributed by atoms with Crippen LogP contribution in [0.1, 0.15) is 12.5 Å². The fraction of sp³-hybridized carbons (Fsp3) is 0.0233. The Bertz CT molecular complexity index is 2280. The number of hydrogen-bond donors (Lipinski definition) is 0. The van der Waals surface area contributed by atoms with Crippen LogP contribution in [0.15, 0.2) is 164 Å². The summed E-state index contributed by atoms with van der Waals surface area (Å²) < 4.78 is 30.0. The van der Waals surface area contributed by atoms with Gasteiger partial charge in [-0.1, -0.05) is 134 Å². The lowest BCUT2D eigenvalue weighted by Crippen LogP contribution is -2.35. The normalized spacial score (nSPS) is 16.0. The van der Waals surface area contributed by atoms with Crippen LogP contribution in [0.5, 0.6) is 23.0 Å². The maximum atomic E-state index is 16.3. The Morgan fingerprint density at radius 1 is 0.596 bits per heavy atom. The van der Waals surface area contributed by atoms with Gasteiger partial charge in [-0.05, 0) is 70.6 Å². The summed E-state index contributed by atoms with van der Waals surface area (Å²) in [5.41, 5.74) is 7.81. The van der Waals surface area contributed by atoms with Crippen LogP contribution in [-0.2, 0) is 4.57 Å². The molecule has 0 saturated carbocycles. The zero-order chi connectivity index (χ0) is 32.0. The molecule has 2 aliphatic rings. The third-order valence-corrected chi connectivity index (χ3v) is 12.0. The van der Waals surface area contributed by atoms with Crippen LogP contribution in [0.25, 0.3) is 39.0 Å². The van der Waals surface area contributed by atoms with Crippen LogP contribution >= 0.6 is 7.14 Å². The summed E-state index contributed by atoms with van der Waals surface area (Å²) in [5, 5.41) is 1.96. The summed E-state index contributed by atoms with van der Waals surface area (Å²) in [5.74, 6) is 2.34. The second-order valence-corrected chi connectivity index (χ2v) is 14.4. The number of ether oxygens (including phenoxy) is 2. The molecular formula is C43H31O3P. The first-order valence-electron chi connectivity index (χ1n) is 15.7. The van der Waals surface area contributed by atoms with Gasteiger partial charge in [0.15, 0.2) is 7.14 Å². The third-order valence-electron chi connectivity index (χ3n) is 8.87. The monoisotopic (exact) mass is 626 g/mol. The second kappa shape index (κ2) is 11.6. The molecule has 0 amide bonds. The van der Waals surface area contributed by atoms with Crippen LogP contribution in [-0.4, -0.2) is 0 Å². The lowest BCUT2D eigenvalue weighted by atomic mass is 9.96. The highest BCUT2D eigenvalue weighted by Gasteiger charge is 2.48. The van der Waals surface area contributed by atoms with Crippen LogP contribution in [0.4, 0.5) is 0 Å². The molecular weight excluding hydrogens is 595 g/mol. The Morgan fingerprint density at radius 2 is 1.13 bits per heavy atom. The van der Waals surface area contributed by atoms with Crippen molar-refractivity contribution < 1.29 is 14.0 Å². The van der Waals surface area contributed by atoms with E-state index in [1.54, 1.807) is 6.08 Å². The summed E-state index contributed by atoms with van der Waals surface area (Å²) in [4.78, 5) is 0. The van der Waals surface area contributed by atoms with Crippen LogP contribution in [0.3, 0.4) is 0 Å². The first-order valence-corrected chi connectivity index (χ1v) is 17.4. The van der Waals surface area contributed by atoms with Gasteiger partial charge >= 0.3 is 0 Å². The quantitative estimate of drug-likeness (QED) is 0.136. The van der Waals surface area contributed by atoms with Crippen LogP contribution in [0.2, 0.25) is 0 Å². The molecule has 226 valence electrons. The zero-order valence-corrected chi connectivity index (χ0v) is 26.8. The van der Waals surface area contributed by atoms with E-state index in [9.17, 15) is 0 Å². The van der Waals surface area contributed by atoms with Gasteiger partial charge in [-0.15, -0.1) is 0 Å². The Kier molecular flexibility index (Phi) is 7.13. The number of allylic oxidation sites excluding steroid dienone is 5. The van der Waals surface area contributed by atoms with Gasteiger partial charge in [0.1, 0.15) is 28.3 Å². The van der Waals surface area contributed by atoms with E-state index in [0.717, 1.165) is 44.5 Å². The lowest BCUT2D eigenvalue weighted by Gasteiger charge is -2.37. The van der Waals surface area contributed by atoms with Gasteiger partial charge in [0.05, 0.1) is 10.6 Å². The molecule has 3 nitrogen and oxygen atoms in total. The van der Waals surface area contributed by atoms with E-state index in [0.29, 0.717) is 38.9 Å². The first kappa shape index (κ1) is 28.8. The van der Waals surface area contributed by atoms with E-state index < -0.39 is 7.14 Å². The summed E-state index contributed by atoms with van der Waals surface area (Å²) in [6, 6.07) is 44.7. The Labute approximate surface area is 275 Å². The minimum atomic E-state index is -3.49. The molecule has 2 aliphatic heterocycles. The van der Waals surface area contributed by atoms with E-state index in [1.807, 2.05) is 109 Å². The van der Waals surface area contributed by atoms with Gasteiger partial charge in [-0.3, -0.25) is 0 Å². The first-order chi connectivity index (χ1) is 23.1. The van der Waals surface area contributed by atoms with Gasteiger partial charge in [-0.25, -0.2) is 0 Å². The molecule has 0 radical (unpaired) electrons. The van der Waals surface area contributed by atoms with Gasteiger partial charge in [0, 0.05) is 11.1 Å². The average molecular weight is 627 g/mol. The molecule has 0 N–H and O–H groups in total. The summed E-state index contributed by atoms with van der Waals surface area (Å²) >= 11 is 0. The van der Waals surface area contributed by atoms with Crippen molar-refractivity contribution in [2.75, 3.05) is 0 Å². The highest BCUT2D eigenvalue weighted by molar-refractivity contribution is 7.86. The topological polar surface area (TPSA) is 35.5 Å². The van der Waals surface area contributed by atoms with Crippen LogP contribution in [0, 0.1) is 0 Å².